The van der Waals surface area contributed by atoms with Crippen molar-refractivity contribution in [3.05, 3.63) is 23.9 Å². The molecule has 0 bridgehead atoms. The highest BCUT2D eigenvalue weighted by Gasteiger charge is 2.43. The Balaban J connectivity index is 1.45. The lowest BCUT2D eigenvalue weighted by Gasteiger charge is -2.20. The summed E-state index contributed by atoms with van der Waals surface area (Å²) in [6.07, 6.45) is 2.65. The normalized spacial score (nSPS) is 25.4. The van der Waals surface area contributed by atoms with Gasteiger partial charge in [-0.1, -0.05) is 0 Å². The molecule has 3 rings (SSSR count). The van der Waals surface area contributed by atoms with Crippen LogP contribution in [0.25, 0.3) is 0 Å². The lowest BCUT2D eigenvalue weighted by Crippen LogP contribution is -2.36. The van der Waals surface area contributed by atoms with Crippen LogP contribution < -0.4 is 4.74 Å². The number of amides is 1. The smallest absolute Gasteiger partial charge is 0.236 e. The molecule has 0 saturated carbocycles. The Morgan fingerprint density at radius 3 is 3.00 bits per heavy atom. The van der Waals surface area contributed by atoms with E-state index in [4.69, 9.17) is 14.7 Å². The number of carbonyl (C=O) groups is 1. The monoisotopic (exact) mass is 344 g/mol. The molecule has 1 aromatic heterocycles. The summed E-state index contributed by atoms with van der Waals surface area (Å²) in [5.41, 5.74) is 0.526. The number of ether oxygens (including phenoxy) is 2. The summed E-state index contributed by atoms with van der Waals surface area (Å²) in [6, 6.07) is 5.46. The molecule has 134 valence electrons. The van der Waals surface area contributed by atoms with Gasteiger partial charge in [0.1, 0.15) is 6.07 Å². The highest BCUT2D eigenvalue weighted by atomic mass is 16.5. The second-order valence-electron chi connectivity index (χ2n) is 6.91. The Labute approximate surface area is 148 Å². The maximum atomic E-state index is 11.9. The quantitative estimate of drug-likeness (QED) is 0.758. The number of hydrogen-bond acceptors (Lipinski definition) is 6. The second kappa shape index (κ2) is 7.81. The van der Waals surface area contributed by atoms with E-state index in [9.17, 15) is 4.79 Å². The summed E-state index contributed by atoms with van der Waals surface area (Å²) >= 11 is 0. The van der Waals surface area contributed by atoms with Gasteiger partial charge in [0.15, 0.2) is 0 Å². The van der Waals surface area contributed by atoms with Gasteiger partial charge in [-0.2, -0.15) is 5.26 Å². The van der Waals surface area contributed by atoms with E-state index >= 15 is 0 Å². The van der Waals surface area contributed by atoms with E-state index in [1.54, 1.807) is 31.1 Å². The first-order chi connectivity index (χ1) is 12.1. The number of nitrogens with zero attached hydrogens (tertiary/aromatic N) is 4. The Kier molecular flexibility index (Phi) is 5.51. The number of pyridine rings is 1. The average molecular weight is 344 g/mol. The molecule has 2 saturated heterocycles. The number of nitriles is 1. The Bertz CT molecular complexity index is 641. The van der Waals surface area contributed by atoms with Crippen LogP contribution in [0.3, 0.4) is 0 Å². The molecule has 0 spiro atoms. The van der Waals surface area contributed by atoms with Gasteiger partial charge in [-0.15, -0.1) is 0 Å². The zero-order valence-corrected chi connectivity index (χ0v) is 14.7. The van der Waals surface area contributed by atoms with Crippen LogP contribution in [0.1, 0.15) is 12.0 Å². The van der Waals surface area contributed by atoms with E-state index in [2.05, 4.69) is 9.88 Å². The van der Waals surface area contributed by atoms with Crippen molar-refractivity contribution in [2.75, 3.05) is 46.9 Å². The van der Waals surface area contributed by atoms with Gasteiger partial charge < -0.3 is 14.4 Å². The van der Waals surface area contributed by atoms with Gasteiger partial charge >= 0.3 is 0 Å². The Morgan fingerprint density at radius 2 is 2.32 bits per heavy atom. The molecule has 7 nitrogen and oxygen atoms in total. The summed E-state index contributed by atoms with van der Waals surface area (Å²) in [5.74, 6) is 1.58. The number of likely N-dealkylation sites (N-methyl/N-ethyl adjacent to an activating group) is 1. The van der Waals surface area contributed by atoms with Crippen molar-refractivity contribution in [3.63, 3.8) is 0 Å². The fourth-order valence-electron chi connectivity index (χ4n) is 3.49. The van der Waals surface area contributed by atoms with Gasteiger partial charge in [0, 0.05) is 45.4 Å². The largest absolute Gasteiger partial charge is 0.478 e. The summed E-state index contributed by atoms with van der Waals surface area (Å²) in [5, 5.41) is 8.77. The van der Waals surface area contributed by atoms with E-state index in [0.717, 1.165) is 26.1 Å². The summed E-state index contributed by atoms with van der Waals surface area (Å²) in [7, 11) is 3.57. The molecule has 0 radical (unpaired) electrons. The minimum atomic E-state index is 0.131. The molecular weight excluding hydrogens is 320 g/mol. The SMILES string of the molecule is CN(C)C(=O)CN1C[C@H]2[C@@H](CCOc3ccc(C#N)cn3)CO[C@H]2C1. The van der Waals surface area contributed by atoms with Crippen LogP contribution in [0.5, 0.6) is 5.88 Å². The lowest BCUT2D eigenvalue weighted by molar-refractivity contribution is -0.129. The van der Waals surface area contributed by atoms with E-state index in [1.807, 2.05) is 6.07 Å². The fourth-order valence-corrected chi connectivity index (χ4v) is 3.49. The third-order valence-electron chi connectivity index (χ3n) is 4.98. The first kappa shape index (κ1) is 17.6. The zero-order chi connectivity index (χ0) is 17.8. The molecule has 0 unspecified atom stereocenters. The molecule has 0 aliphatic carbocycles. The maximum Gasteiger partial charge on any atom is 0.236 e. The van der Waals surface area contributed by atoms with Gasteiger partial charge in [0.25, 0.3) is 0 Å². The number of carbonyl (C=O) groups excluding carboxylic acids is 1. The van der Waals surface area contributed by atoms with E-state index < -0.39 is 0 Å². The summed E-state index contributed by atoms with van der Waals surface area (Å²) < 4.78 is 11.6. The van der Waals surface area contributed by atoms with Crippen molar-refractivity contribution in [2.45, 2.75) is 12.5 Å². The third-order valence-corrected chi connectivity index (χ3v) is 4.98. The van der Waals surface area contributed by atoms with Crippen molar-refractivity contribution in [1.82, 2.24) is 14.8 Å². The van der Waals surface area contributed by atoms with E-state index in [0.29, 0.717) is 36.4 Å². The van der Waals surface area contributed by atoms with Gasteiger partial charge in [0.2, 0.25) is 11.8 Å². The Morgan fingerprint density at radius 1 is 1.48 bits per heavy atom. The van der Waals surface area contributed by atoms with Crippen LogP contribution in [0.15, 0.2) is 18.3 Å². The molecule has 0 N–H and O–H groups in total. The number of aromatic nitrogens is 1. The molecule has 3 atom stereocenters. The summed E-state index contributed by atoms with van der Waals surface area (Å²) in [6.45, 7) is 3.53. The maximum absolute atomic E-state index is 11.9. The molecular formula is C18H24N4O3. The van der Waals surface area contributed by atoms with Crippen LogP contribution in [-0.4, -0.2) is 73.7 Å². The molecule has 7 heteroatoms. The third kappa shape index (κ3) is 4.27. The second-order valence-corrected chi connectivity index (χ2v) is 6.91. The molecule has 1 amide bonds. The number of hydrogen-bond donors (Lipinski definition) is 0. The number of likely N-dealkylation sites (tertiary alicyclic amines) is 1. The highest BCUT2D eigenvalue weighted by Crippen LogP contribution is 2.35. The van der Waals surface area contributed by atoms with Crippen LogP contribution in [0, 0.1) is 23.2 Å². The van der Waals surface area contributed by atoms with Crippen molar-refractivity contribution >= 4 is 5.91 Å². The summed E-state index contributed by atoms with van der Waals surface area (Å²) in [4.78, 5) is 19.8. The molecule has 1 aromatic rings. The van der Waals surface area contributed by atoms with Gasteiger partial charge in [0.05, 0.1) is 31.4 Å². The van der Waals surface area contributed by atoms with Crippen LogP contribution in [0.2, 0.25) is 0 Å². The van der Waals surface area contributed by atoms with Gasteiger partial charge in [-0.3, -0.25) is 9.69 Å². The van der Waals surface area contributed by atoms with Crippen molar-refractivity contribution in [3.8, 4) is 11.9 Å². The minimum absolute atomic E-state index is 0.131. The fraction of sp³-hybridized carbons (Fsp3) is 0.611. The molecule has 2 fully saturated rings. The van der Waals surface area contributed by atoms with E-state index in [-0.39, 0.29) is 12.0 Å². The number of rotatable bonds is 6. The molecule has 2 aliphatic heterocycles. The first-order valence-electron chi connectivity index (χ1n) is 8.60. The Hall–Kier alpha value is -2.17. The van der Waals surface area contributed by atoms with Crippen LogP contribution in [-0.2, 0) is 9.53 Å². The van der Waals surface area contributed by atoms with E-state index in [1.165, 1.54) is 6.20 Å². The molecule has 0 aromatic carbocycles. The van der Waals surface area contributed by atoms with Crippen molar-refractivity contribution in [1.29, 1.82) is 5.26 Å². The predicted octanol–water partition coefficient (Wildman–Crippen LogP) is 0.757. The lowest BCUT2D eigenvalue weighted by atomic mass is 9.91. The van der Waals surface area contributed by atoms with Crippen LogP contribution in [0.4, 0.5) is 0 Å². The molecule has 3 heterocycles. The van der Waals surface area contributed by atoms with Crippen LogP contribution >= 0.6 is 0 Å². The number of fused-ring (bicyclic) bond motifs is 1. The topological polar surface area (TPSA) is 78.7 Å². The zero-order valence-electron chi connectivity index (χ0n) is 14.7. The predicted molar refractivity (Wildman–Crippen MR) is 90.9 cm³/mol. The van der Waals surface area contributed by atoms with Crippen molar-refractivity contribution < 1.29 is 14.3 Å². The van der Waals surface area contributed by atoms with Gasteiger partial charge in [-0.25, -0.2) is 4.98 Å². The first-order valence-corrected chi connectivity index (χ1v) is 8.60. The standard InChI is InChI=1S/C18H24N4O3/c1-21(2)18(23)11-22-9-15-14(12-25-16(15)10-22)5-6-24-17-4-3-13(7-19)8-20-17/h3-4,8,14-16H,5-6,9-12H2,1-2H3/t14-,15-,16-/m0/s1. The minimum Gasteiger partial charge on any atom is -0.478 e. The molecule has 25 heavy (non-hydrogen) atoms. The highest BCUT2D eigenvalue weighted by molar-refractivity contribution is 5.77. The van der Waals surface area contributed by atoms with Crippen molar-refractivity contribution in [2.24, 2.45) is 11.8 Å². The average Bonchev–Trinajstić information content (AvgIpc) is 3.16. The van der Waals surface area contributed by atoms with Gasteiger partial charge in [-0.05, 0) is 18.4 Å². The molecule has 2 aliphatic rings.